The van der Waals surface area contributed by atoms with Gasteiger partial charge in [-0.25, -0.2) is 5.43 Å². The maximum absolute atomic E-state index is 13.6. The predicted octanol–water partition coefficient (Wildman–Crippen LogP) is 4.94. The Bertz CT molecular complexity index is 1110. The number of rotatable bonds is 8. The number of carbonyl (C=O) groups is 2. The fourth-order valence-electron chi connectivity index (χ4n) is 5.93. The van der Waals surface area contributed by atoms with Gasteiger partial charge in [0.2, 0.25) is 5.91 Å². The van der Waals surface area contributed by atoms with E-state index in [0.717, 1.165) is 50.8 Å². The number of piperazine rings is 1. The van der Waals surface area contributed by atoms with Crippen molar-refractivity contribution in [1.29, 1.82) is 0 Å². The fraction of sp³-hybridized carbons (Fsp3) is 0.484. The van der Waals surface area contributed by atoms with E-state index in [2.05, 4.69) is 72.8 Å². The summed E-state index contributed by atoms with van der Waals surface area (Å²) >= 11 is 0. The van der Waals surface area contributed by atoms with E-state index in [-0.39, 0.29) is 30.4 Å². The summed E-state index contributed by atoms with van der Waals surface area (Å²) < 4.78 is 0. The first-order valence-electron chi connectivity index (χ1n) is 14.0. The number of hydrogen-bond acceptors (Lipinski definition) is 4. The molecule has 3 heterocycles. The van der Waals surface area contributed by atoms with Gasteiger partial charge in [-0.05, 0) is 49.3 Å². The number of unbranched alkanes of at least 4 members (excludes halogenated alkanes) is 2. The van der Waals surface area contributed by atoms with Crippen LogP contribution >= 0.6 is 0 Å². The number of nitrogens with zero attached hydrogens (tertiary/aromatic N) is 3. The minimum atomic E-state index is -0.0404. The molecule has 0 radical (unpaired) electrons. The number of amides is 2. The van der Waals surface area contributed by atoms with Crippen molar-refractivity contribution in [1.82, 2.24) is 20.2 Å². The van der Waals surface area contributed by atoms with Crippen molar-refractivity contribution in [3.8, 4) is 0 Å². The molecule has 0 bridgehead atoms. The zero-order chi connectivity index (χ0) is 25.8. The lowest BCUT2D eigenvalue weighted by atomic mass is 9.89. The van der Waals surface area contributed by atoms with Crippen LogP contribution in [-0.4, -0.2) is 58.8 Å². The molecule has 0 aromatic heterocycles. The summed E-state index contributed by atoms with van der Waals surface area (Å²) in [6.45, 7) is 6.56. The number of nitrogens with one attached hydrogen (secondary N) is 1. The van der Waals surface area contributed by atoms with Crippen LogP contribution in [0.4, 0.5) is 0 Å². The highest BCUT2D eigenvalue weighted by atomic mass is 16.2. The smallest absolute Gasteiger partial charge is 0.271 e. The van der Waals surface area contributed by atoms with Crippen LogP contribution in [0, 0.1) is 6.92 Å². The first kappa shape index (κ1) is 25.5. The molecule has 3 aliphatic heterocycles. The molecule has 196 valence electrons. The Labute approximate surface area is 221 Å². The van der Waals surface area contributed by atoms with Crippen LogP contribution in [-0.2, 0) is 9.59 Å². The number of aryl methyl sites for hydroxylation is 1. The third-order valence-corrected chi connectivity index (χ3v) is 8.19. The van der Waals surface area contributed by atoms with Gasteiger partial charge in [0.25, 0.3) is 5.91 Å². The average Bonchev–Trinajstić information content (AvgIpc) is 3.38. The van der Waals surface area contributed by atoms with Gasteiger partial charge in [0, 0.05) is 19.6 Å². The van der Waals surface area contributed by atoms with Crippen LogP contribution in [0.25, 0.3) is 0 Å². The second kappa shape index (κ2) is 11.5. The lowest BCUT2D eigenvalue weighted by molar-refractivity contribution is -0.143. The van der Waals surface area contributed by atoms with E-state index >= 15 is 0 Å². The molecular weight excluding hydrogens is 460 g/mol. The van der Waals surface area contributed by atoms with Gasteiger partial charge >= 0.3 is 0 Å². The highest BCUT2D eigenvalue weighted by Crippen LogP contribution is 2.33. The monoisotopic (exact) mass is 500 g/mol. The first-order valence-corrected chi connectivity index (χ1v) is 14.0. The first-order chi connectivity index (χ1) is 18.0. The zero-order valence-corrected chi connectivity index (χ0v) is 22.2. The van der Waals surface area contributed by atoms with Crippen LogP contribution in [0.1, 0.15) is 74.1 Å². The van der Waals surface area contributed by atoms with Crippen molar-refractivity contribution in [2.75, 3.05) is 26.2 Å². The predicted molar refractivity (Wildman–Crippen MR) is 146 cm³/mol. The average molecular weight is 501 g/mol. The topological polar surface area (TPSA) is 55.9 Å². The van der Waals surface area contributed by atoms with E-state index in [1.54, 1.807) is 4.90 Å². The van der Waals surface area contributed by atoms with Gasteiger partial charge in [-0.3, -0.25) is 14.6 Å². The largest absolute Gasteiger partial charge is 0.341 e. The molecule has 1 N–H and O–H groups in total. The van der Waals surface area contributed by atoms with E-state index < -0.39 is 0 Å². The Morgan fingerprint density at radius 3 is 2.41 bits per heavy atom. The minimum Gasteiger partial charge on any atom is -0.341 e. The molecule has 5 rings (SSSR count). The second-order valence-electron chi connectivity index (χ2n) is 10.8. The fourth-order valence-corrected chi connectivity index (χ4v) is 5.93. The lowest BCUT2D eigenvalue weighted by Gasteiger charge is -2.42. The van der Waals surface area contributed by atoms with Gasteiger partial charge in [-0.1, -0.05) is 86.3 Å². The molecule has 2 aromatic carbocycles. The molecule has 37 heavy (non-hydrogen) atoms. The van der Waals surface area contributed by atoms with Crippen molar-refractivity contribution < 1.29 is 9.59 Å². The van der Waals surface area contributed by atoms with E-state index in [0.29, 0.717) is 18.2 Å². The number of hydrogen-bond donors (Lipinski definition) is 1. The van der Waals surface area contributed by atoms with Gasteiger partial charge in [0.1, 0.15) is 12.2 Å². The quantitative estimate of drug-likeness (QED) is 0.522. The normalized spacial score (nSPS) is 22.3. The van der Waals surface area contributed by atoms with Crippen LogP contribution in [0.3, 0.4) is 0 Å². The van der Waals surface area contributed by atoms with Crippen LogP contribution in [0.5, 0.6) is 0 Å². The van der Waals surface area contributed by atoms with Gasteiger partial charge in [0.05, 0.1) is 12.1 Å². The Balaban J connectivity index is 1.26. The number of carbonyl (C=O) groups excluding carboxylic acids is 2. The van der Waals surface area contributed by atoms with Crippen molar-refractivity contribution in [3.05, 3.63) is 83.1 Å². The molecule has 3 aliphatic rings. The number of benzene rings is 2. The number of likely N-dealkylation sites (tertiary alicyclic amines) is 1. The second-order valence-corrected chi connectivity index (χ2v) is 10.8. The van der Waals surface area contributed by atoms with Crippen molar-refractivity contribution >= 4 is 11.8 Å². The molecule has 6 nitrogen and oxygen atoms in total. The number of piperidine rings is 1. The summed E-state index contributed by atoms with van der Waals surface area (Å²) in [5.74, 6) is 0.537. The summed E-state index contributed by atoms with van der Waals surface area (Å²) in [5.41, 5.74) is 8.01. The highest BCUT2D eigenvalue weighted by Gasteiger charge is 2.41. The minimum absolute atomic E-state index is 0.0270. The third kappa shape index (κ3) is 5.74. The van der Waals surface area contributed by atoms with Gasteiger partial charge in [0.15, 0.2) is 0 Å². The van der Waals surface area contributed by atoms with E-state index in [9.17, 15) is 9.59 Å². The Hall–Kier alpha value is -3.12. The molecule has 2 fully saturated rings. The number of hydrazine groups is 1. The van der Waals surface area contributed by atoms with Crippen molar-refractivity contribution in [3.63, 3.8) is 0 Å². The molecule has 6 heteroatoms. The van der Waals surface area contributed by atoms with Crippen LogP contribution < -0.4 is 5.43 Å². The molecule has 2 amide bonds. The zero-order valence-electron chi connectivity index (χ0n) is 22.2. The lowest BCUT2D eigenvalue weighted by Crippen LogP contribution is -2.58. The molecule has 2 saturated heterocycles. The van der Waals surface area contributed by atoms with Crippen molar-refractivity contribution in [2.45, 2.75) is 70.4 Å². The maximum Gasteiger partial charge on any atom is 0.271 e. The summed E-state index contributed by atoms with van der Waals surface area (Å²) in [4.78, 5) is 30.6. The highest BCUT2D eigenvalue weighted by molar-refractivity contribution is 5.96. The summed E-state index contributed by atoms with van der Waals surface area (Å²) in [6, 6.07) is 19.2. The van der Waals surface area contributed by atoms with Gasteiger partial charge in [-0.15, -0.1) is 0 Å². The maximum atomic E-state index is 13.6. The summed E-state index contributed by atoms with van der Waals surface area (Å²) in [7, 11) is 0. The van der Waals surface area contributed by atoms with E-state index in [1.165, 1.54) is 17.5 Å². The molecule has 2 atom stereocenters. The van der Waals surface area contributed by atoms with Crippen LogP contribution in [0.2, 0.25) is 0 Å². The van der Waals surface area contributed by atoms with Gasteiger partial charge < -0.3 is 9.80 Å². The molecule has 0 saturated carbocycles. The molecular formula is C31H40N4O2. The van der Waals surface area contributed by atoms with Gasteiger partial charge in [-0.2, -0.15) is 0 Å². The third-order valence-electron chi connectivity index (χ3n) is 8.19. The Kier molecular flexibility index (Phi) is 7.94. The summed E-state index contributed by atoms with van der Waals surface area (Å²) in [6.07, 6.45) is 8.45. The summed E-state index contributed by atoms with van der Waals surface area (Å²) in [5, 5.41) is 2.09. The number of fused-ring (bicyclic) bond motifs is 1. The Morgan fingerprint density at radius 2 is 1.70 bits per heavy atom. The molecule has 2 unspecified atom stereocenters. The molecule has 2 aromatic rings. The van der Waals surface area contributed by atoms with Crippen molar-refractivity contribution in [2.24, 2.45) is 0 Å². The Morgan fingerprint density at radius 1 is 0.973 bits per heavy atom. The van der Waals surface area contributed by atoms with E-state index in [1.807, 2.05) is 17.0 Å². The molecule has 0 aliphatic carbocycles. The molecule has 0 spiro atoms. The SMILES string of the molecule is CCCCCC1CN(CC(=O)N2CCC(c3ccccc3)CC2)C(=O)C2=CC(c3ccc(C)cc3)NN21. The van der Waals surface area contributed by atoms with Crippen LogP contribution in [0.15, 0.2) is 66.4 Å². The standard InChI is InChI=1S/C31H40N4O2/c1-3-4-6-11-27-21-34(22-30(36)33-18-16-25(17-19-33)24-9-7-5-8-10-24)31(37)29-20-28(32-35(27)29)26-14-12-23(2)13-15-26/h5,7-10,12-15,20,25,27-28,32H,3-4,6,11,16-19,21-22H2,1-2H3. The van der Waals surface area contributed by atoms with E-state index in [4.69, 9.17) is 0 Å².